The normalized spacial score (nSPS) is 11.8. The summed E-state index contributed by atoms with van der Waals surface area (Å²) in [5.41, 5.74) is 4.12. The first-order valence-corrected chi connectivity index (χ1v) is 9.67. The summed E-state index contributed by atoms with van der Waals surface area (Å²) < 4.78 is 5.14. The molecule has 4 aromatic rings. The van der Waals surface area contributed by atoms with Crippen LogP contribution in [0.4, 0.5) is 0 Å². The standard InChI is InChI=1S/C24H21N3O3/c1-16(17-11-13-19(14-12-17)18-7-3-2-4-8-18)25-22(28)15-30-24(29)23-20-9-5-6-10-21(20)26-27-23/h2-14,16H,15H2,1H3,(H,25,28)(H,26,27). The number of fused-ring (bicyclic) bond motifs is 1. The highest BCUT2D eigenvalue weighted by molar-refractivity contribution is 6.02. The Morgan fingerprint density at radius 2 is 1.60 bits per heavy atom. The smallest absolute Gasteiger partial charge is 0.359 e. The highest BCUT2D eigenvalue weighted by Gasteiger charge is 2.17. The van der Waals surface area contributed by atoms with Gasteiger partial charge in [0.1, 0.15) is 0 Å². The molecule has 0 aliphatic rings. The third-order valence-corrected chi connectivity index (χ3v) is 4.89. The molecule has 0 bridgehead atoms. The summed E-state index contributed by atoms with van der Waals surface area (Å²) in [4.78, 5) is 24.5. The van der Waals surface area contributed by atoms with Crippen LogP contribution in [-0.2, 0) is 9.53 Å². The van der Waals surface area contributed by atoms with E-state index in [1.807, 2.05) is 67.6 Å². The number of ether oxygens (including phenoxy) is 1. The van der Waals surface area contributed by atoms with Gasteiger partial charge in [-0.2, -0.15) is 5.10 Å². The van der Waals surface area contributed by atoms with Crippen LogP contribution in [0.1, 0.15) is 29.0 Å². The lowest BCUT2D eigenvalue weighted by atomic mass is 10.0. The van der Waals surface area contributed by atoms with Crippen LogP contribution in [0.15, 0.2) is 78.9 Å². The summed E-state index contributed by atoms with van der Waals surface area (Å²) in [5, 5.41) is 10.3. The van der Waals surface area contributed by atoms with Gasteiger partial charge in [0, 0.05) is 5.39 Å². The molecule has 2 N–H and O–H groups in total. The summed E-state index contributed by atoms with van der Waals surface area (Å²) in [6.07, 6.45) is 0. The first-order chi connectivity index (χ1) is 14.6. The van der Waals surface area contributed by atoms with Gasteiger partial charge in [-0.15, -0.1) is 0 Å². The first kappa shape index (κ1) is 19.4. The Kier molecular flexibility index (Phi) is 5.57. The van der Waals surface area contributed by atoms with E-state index in [4.69, 9.17) is 4.74 Å². The number of esters is 1. The molecule has 0 radical (unpaired) electrons. The zero-order chi connectivity index (χ0) is 20.9. The van der Waals surface area contributed by atoms with Crippen molar-refractivity contribution in [2.24, 2.45) is 0 Å². The largest absolute Gasteiger partial charge is 0.451 e. The van der Waals surface area contributed by atoms with Gasteiger partial charge >= 0.3 is 5.97 Å². The van der Waals surface area contributed by atoms with E-state index in [9.17, 15) is 9.59 Å². The molecule has 6 heteroatoms. The molecule has 0 spiro atoms. The Bertz CT molecular complexity index is 1170. The maximum atomic E-state index is 12.3. The highest BCUT2D eigenvalue weighted by atomic mass is 16.5. The molecule has 0 aliphatic carbocycles. The summed E-state index contributed by atoms with van der Waals surface area (Å²) in [6.45, 7) is 1.52. The average Bonchev–Trinajstić information content (AvgIpc) is 3.22. The number of rotatable bonds is 6. The molecular weight excluding hydrogens is 378 g/mol. The molecule has 0 saturated heterocycles. The minimum absolute atomic E-state index is 0.169. The van der Waals surface area contributed by atoms with E-state index in [1.165, 1.54) is 0 Å². The number of nitrogens with one attached hydrogen (secondary N) is 2. The predicted molar refractivity (Wildman–Crippen MR) is 115 cm³/mol. The lowest BCUT2D eigenvalue weighted by Gasteiger charge is -2.15. The number of hydrogen-bond donors (Lipinski definition) is 2. The predicted octanol–water partition coefficient (Wildman–Crippen LogP) is 4.26. The van der Waals surface area contributed by atoms with Crippen LogP contribution in [0.3, 0.4) is 0 Å². The topological polar surface area (TPSA) is 84.1 Å². The van der Waals surface area contributed by atoms with Gasteiger partial charge in [0.05, 0.1) is 11.6 Å². The first-order valence-electron chi connectivity index (χ1n) is 9.67. The van der Waals surface area contributed by atoms with Crippen molar-refractivity contribution in [2.75, 3.05) is 6.61 Å². The molecule has 0 fully saturated rings. The molecule has 1 atom stereocenters. The van der Waals surface area contributed by atoms with Crippen LogP contribution in [0.2, 0.25) is 0 Å². The molecule has 0 saturated carbocycles. The van der Waals surface area contributed by atoms with Crippen molar-refractivity contribution in [3.8, 4) is 11.1 Å². The van der Waals surface area contributed by atoms with Crippen LogP contribution in [0, 0.1) is 0 Å². The Labute approximate surface area is 173 Å². The second kappa shape index (κ2) is 8.61. The monoisotopic (exact) mass is 399 g/mol. The zero-order valence-corrected chi connectivity index (χ0v) is 16.5. The quantitative estimate of drug-likeness (QED) is 0.475. The molecule has 150 valence electrons. The lowest BCUT2D eigenvalue weighted by molar-refractivity contribution is -0.124. The van der Waals surface area contributed by atoms with E-state index in [-0.39, 0.29) is 24.2 Å². The van der Waals surface area contributed by atoms with Crippen LogP contribution >= 0.6 is 0 Å². The van der Waals surface area contributed by atoms with Crippen molar-refractivity contribution in [3.63, 3.8) is 0 Å². The van der Waals surface area contributed by atoms with Gasteiger partial charge in [-0.25, -0.2) is 4.79 Å². The molecule has 1 aromatic heterocycles. The summed E-state index contributed by atoms with van der Waals surface area (Å²) in [5.74, 6) is -1.01. The van der Waals surface area contributed by atoms with Crippen LogP contribution in [0.5, 0.6) is 0 Å². The number of hydrogen-bond acceptors (Lipinski definition) is 4. The molecule has 30 heavy (non-hydrogen) atoms. The maximum absolute atomic E-state index is 12.3. The van der Waals surface area contributed by atoms with Crippen molar-refractivity contribution in [1.29, 1.82) is 0 Å². The molecular formula is C24H21N3O3. The Morgan fingerprint density at radius 3 is 2.37 bits per heavy atom. The molecule has 0 aliphatic heterocycles. The number of carbonyl (C=O) groups excluding carboxylic acids is 2. The van der Waals surface area contributed by atoms with E-state index in [0.29, 0.717) is 5.39 Å². The zero-order valence-electron chi connectivity index (χ0n) is 16.5. The average molecular weight is 399 g/mol. The minimum atomic E-state index is -0.637. The van der Waals surface area contributed by atoms with Gasteiger partial charge in [0.15, 0.2) is 12.3 Å². The fourth-order valence-corrected chi connectivity index (χ4v) is 3.28. The molecule has 6 nitrogen and oxygen atoms in total. The Morgan fingerprint density at radius 1 is 0.933 bits per heavy atom. The molecule has 1 amide bonds. The number of nitrogens with zero attached hydrogens (tertiary/aromatic N) is 1. The van der Waals surface area contributed by atoms with Crippen LogP contribution < -0.4 is 5.32 Å². The minimum Gasteiger partial charge on any atom is -0.451 e. The third kappa shape index (κ3) is 4.22. The van der Waals surface area contributed by atoms with Crippen molar-refractivity contribution < 1.29 is 14.3 Å². The van der Waals surface area contributed by atoms with E-state index in [0.717, 1.165) is 22.2 Å². The van der Waals surface area contributed by atoms with Crippen molar-refractivity contribution in [1.82, 2.24) is 15.5 Å². The number of aromatic nitrogens is 2. The molecule has 1 unspecified atom stereocenters. The van der Waals surface area contributed by atoms with Gasteiger partial charge < -0.3 is 10.1 Å². The van der Waals surface area contributed by atoms with E-state index in [1.54, 1.807) is 6.07 Å². The number of H-pyrrole nitrogens is 1. The Hall–Kier alpha value is -3.93. The highest BCUT2D eigenvalue weighted by Crippen LogP contribution is 2.22. The number of para-hydroxylation sites is 1. The summed E-state index contributed by atoms with van der Waals surface area (Å²) in [6, 6.07) is 25.1. The summed E-state index contributed by atoms with van der Waals surface area (Å²) in [7, 11) is 0. The van der Waals surface area contributed by atoms with Crippen LogP contribution in [-0.4, -0.2) is 28.7 Å². The lowest BCUT2D eigenvalue weighted by Crippen LogP contribution is -2.31. The molecule has 4 rings (SSSR count). The molecule has 1 heterocycles. The number of benzene rings is 3. The fourth-order valence-electron chi connectivity index (χ4n) is 3.28. The van der Waals surface area contributed by atoms with Crippen molar-refractivity contribution in [2.45, 2.75) is 13.0 Å². The van der Waals surface area contributed by atoms with Gasteiger partial charge in [-0.3, -0.25) is 9.89 Å². The maximum Gasteiger partial charge on any atom is 0.359 e. The SMILES string of the molecule is CC(NC(=O)COC(=O)c1n[nH]c2ccccc12)c1ccc(-c2ccccc2)cc1. The van der Waals surface area contributed by atoms with Crippen LogP contribution in [0.25, 0.3) is 22.0 Å². The number of carbonyl (C=O) groups is 2. The second-order valence-electron chi connectivity index (χ2n) is 6.97. The fraction of sp³-hybridized carbons (Fsp3) is 0.125. The third-order valence-electron chi connectivity index (χ3n) is 4.89. The van der Waals surface area contributed by atoms with Gasteiger partial charge in [0.25, 0.3) is 5.91 Å². The van der Waals surface area contributed by atoms with E-state index in [2.05, 4.69) is 27.6 Å². The van der Waals surface area contributed by atoms with Crippen molar-refractivity contribution >= 4 is 22.8 Å². The summed E-state index contributed by atoms with van der Waals surface area (Å²) >= 11 is 0. The van der Waals surface area contributed by atoms with E-state index >= 15 is 0 Å². The van der Waals surface area contributed by atoms with E-state index < -0.39 is 5.97 Å². The molecule has 3 aromatic carbocycles. The van der Waals surface area contributed by atoms with Gasteiger partial charge in [-0.1, -0.05) is 72.8 Å². The number of aromatic amines is 1. The Balaban J connectivity index is 1.33. The van der Waals surface area contributed by atoms with Gasteiger partial charge in [-0.05, 0) is 29.7 Å². The van der Waals surface area contributed by atoms with Crippen molar-refractivity contribution in [3.05, 3.63) is 90.1 Å². The van der Waals surface area contributed by atoms with Gasteiger partial charge in [0.2, 0.25) is 0 Å². The second-order valence-corrected chi connectivity index (χ2v) is 6.97. The number of amides is 1.